The zero-order chi connectivity index (χ0) is 20.8. The standard InChI is InChI=1S/C23H29N3O3/c1-3-4-8-22(27)24-21-10-9-19(16-20(21)23(28)29)26-13-11-25(12-14-26)18-7-5-6-17(2)15-18/h5-7,9-10,15-16H,3-4,8,11-14H2,1-2H3,(H,24,27)(H,28,29). The third-order valence-corrected chi connectivity index (χ3v) is 5.28. The molecule has 6 nitrogen and oxygen atoms in total. The second kappa shape index (κ2) is 9.45. The number of rotatable bonds is 7. The van der Waals surface area contributed by atoms with E-state index in [1.165, 1.54) is 11.3 Å². The molecule has 0 saturated carbocycles. The van der Waals surface area contributed by atoms with E-state index in [9.17, 15) is 14.7 Å². The summed E-state index contributed by atoms with van der Waals surface area (Å²) in [5.41, 5.74) is 3.83. The number of piperazine rings is 1. The average molecular weight is 396 g/mol. The summed E-state index contributed by atoms with van der Waals surface area (Å²) in [5, 5.41) is 12.4. The molecule has 1 amide bonds. The normalized spacial score (nSPS) is 14.0. The van der Waals surface area contributed by atoms with Crippen LogP contribution in [0.25, 0.3) is 0 Å². The summed E-state index contributed by atoms with van der Waals surface area (Å²) in [6.07, 6.45) is 2.11. The summed E-state index contributed by atoms with van der Waals surface area (Å²) >= 11 is 0. The van der Waals surface area contributed by atoms with Crippen LogP contribution in [0.5, 0.6) is 0 Å². The van der Waals surface area contributed by atoms with Crippen molar-refractivity contribution in [1.82, 2.24) is 0 Å². The highest BCUT2D eigenvalue weighted by Gasteiger charge is 2.20. The second-order valence-electron chi connectivity index (χ2n) is 7.50. The van der Waals surface area contributed by atoms with Gasteiger partial charge in [-0.2, -0.15) is 0 Å². The highest BCUT2D eigenvalue weighted by atomic mass is 16.4. The van der Waals surface area contributed by atoms with E-state index < -0.39 is 5.97 Å². The molecule has 2 aromatic rings. The molecule has 0 atom stereocenters. The number of benzene rings is 2. The molecular weight excluding hydrogens is 366 g/mol. The molecule has 1 heterocycles. The number of unbranched alkanes of at least 4 members (excludes halogenated alkanes) is 1. The maximum absolute atomic E-state index is 12.0. The van der Waals surface area contributed by atoms with Crippen molar-refractivity contribution in [2.24, 2.45) is 0 Å². The minimum Gasteiger partial charge on any atom is -0.478 e. The fraction of sp³-hybridized carbons (Fsp3) is 0.391. The highest BCUT2D eigenvalue weighted by molar-refractivity contribution is 6.01. The molecule has 1 fully saturated rings. The van der Waals surface area contributed by atoms with Crippen LogP contribution in [-0.4, -0.2) is 43.2 Å². The number of carboxylic acids is 1. The molecule has 1 aliphatic rings. The Morgan fingerprint density at radius 2 is 1.66 bits per heavy atom. The van der Waals surface area contributed by atoms with Crippen LogP contribution in [0, 0.1) is 6.92 Å². The van der Waals surface area contributed by atoms with Gasteiger partial charge in [0.25, 0.3) is 0 Å². The van der Waals surface area contributed by atoms with Gasteiger partial charge in [-0.25, -0.2) is 4.79 Å². The van der Waals surface area contributed by atoms with Crippen LogP contribution < -0.4 is 15.1 Å². The maximum atomic E-state index is 12.0. The Kier molecular flexibility index (Phi) is 6.75. The van der Waals surface area contributed by atoms with Crippen molar-refractivity contribution < 1.29 is 14.7 Å². The first-order valence-corrected chi connectivity index (χ1v) is 10.2. The first-order chi connectivity index (χ1) is 14.0. The van der Waals surface area contributed by atoms with Crippen molar-refractivity contribution in [3.05, 3.63) is 53.6 Å². The Labute approximate surface area is 172 Å². The van der Waals surface area contributed by atoms with E-state index in [2.05, 4.69) is 46.3 Å². The molecule has 1 saturated heterocycles. The lowest BCUT2D eigenvalue weighted by Gasteiger charge is -2.37. The first-order valence-electron chi connectivity index (χ1n) is 10.2. The van der Waals surface area contributed by atoms with Gasteiger partial charge in [0, 0.05) is 44.0 Å². The van der Waals surface area contributed by atoms with Crippen LogP contribution in [0.15, 0.2) is 42.5 Å². The summed E-state index contributed by atoms with van der Waals surface area (Å²) in [6, 6.07) is 13.7. The molecule has 2 aromatic carbocycles. The Morgan fingerprint density at radius 1 is 1.00 bits per heavy atom. The van der Waals surface area contributed by atoms with E-state index in [1.807, 2.05) is 13.0 Å². The average Bonchev–Trinajstić information content (AvgIpc) is 2.72. The fourth-order valence-electron chi connectivity index (χ4n) is 3.61. The largest absolute Gasteiger partial charge is 0.478 e. The molecule has 0 aliphatic carbocycles. The number of amides is 1. The number of aryl methyl sites for hydroxylation is 1. The summed E-state index contributed by atoms with van der Waals surface area (Å²) in [6.45, 7) is 7.49. The zero-order valence-corrected chi connectivity index (χ0v) is 17.1. The summed E-state index contributed by atoms with van der Waals surface area (Å²) in [5.74, 6) is -1.18. The molecule has 29 heavy (non-hydrogen) atoms. The van der Waals surface area contributed by atoms with E-state index in [4.69, 9.17) is 0 Å². The van der Waals surface area contributed by atoms with Crippen molar-refractivity contribution in [2.75, 3.05) is 41.3 Å². The molecule has 3 rings (SSSR count). The highest BCUT2D eigenvalue weighted by Crippen LogP contribution is 2.26. The molecule has 2 N–H and O–H groups in total. The fourth-order valence-corrected chi connectivity index (χ4v) is 3.61. The van der Waals surface area contributed by atoms with Crippen molar-refractivity contribution in [1.29, 1.82) is 0 Å². The van der Waals surface area contributed by atoms with Crippen LogP contribution in [0.3, 0.4) is 0 Å². The van der Waals surface area contributed by atoms with E-state index in [-0.39, 0.29) is 11.5 Å². The number of hydrogen-bond donors (Lipinski definition) is 2. The maximum Gasteiger partial charge on any atom is 0.337 e. The van der Waals surface area contributed by atoms with Gasteiger partial charge in [0.1, 0.15) is 0 Å². The number of nitrogens with one attached hydrogen (secondary N) is 1. The molecule has 1 aliphatic heterocycles. The Morgan fingerprint density at radius 3 is 2.24 bits per heavy atom. The van der Waals surface area contributed by atoms with Gasteiger partial charge in [-0.15, -0.1) is 0 Å². The van der Waals surface area contributed by atoms with Gasteiger partial charge in [-0.05, 0) is 49.2 Å². The zero-order valence-electron chi connectivity index (χ0n) is 17.1. The predicted molar refractivity (Wildman–Crippen MR) is 117 cm³/mol. The van der Waals surface area contributed by atoms with Crippen molar-refractivity contribution in [3.8, 4) is 0 Å². The monoisotopic (exact) mass is 395 g/mol. The van der Waals surface area contributed by atoms with Gasteiger partial charge >= 0.3 is 5.97 Å². The first kappa shape index (κ1) is 20.7. The predicted octanol–water partition coefficient (Wildman–Crippen LogP) is 4.15. The number of hydrogen-bond acceptors (Lipinski definition) is 4. The number of carboxylic acid groups (broad SMARTS) is 1. The van der Waals surface area contributed by atoms with Gasteiger partial charge in [0.2, 0.25) is 5.91 Å². The number of anilines is 3. The third kappa shape index (κ3) is 5.28. The quantitative estimate of drug-likeness (QED) is 0.737. The lowest BCUT2D eigenvalue weighted by molar-refractivity contribution is -0.116. The number of carbonyl (C=O) groups excluding carboxylic acids is 1. The molecular formula is C23H29N3O3. The second-order valence-corrected chi connectivity index (χ2v) is 7.50. The van der Waals surface area contributed by atoms with Crippen LogP contribution in [-0.2, 0) is 4.79 Å². The van der Waals surface area contributed by atoms with E-state index >= 15 is 0 Å². The van der Waals surface area contributed by atoms with E-state index in [0.717, 1.165) is 44.7 Å². The number of nitrogens with zero attached hydrogens (tertiary/aromatic N) is 2. The molecule has 0 bridgehead atoms. The van der Waals surface area contributed by atoms with Crippen molar-refractivity contribution >= 4 is 28.9 Å². The summed E-state index contributed by atoms with van der Waals surface area (Å²) < 4.78 is 0. The summed E-state index contributed by atoms with van der Waals surface area (Å²) in [7, 11) is 0. The minimum absolute atomic E-state index is 0.133. The van der Waals surface area contributed by atoms with Gasteiger partial charge in [-0.3, -0.25) is 4.79 Å². The van der Waals surface area contributed by atoms with Gasteiger partial charge < -0.3 is 20.2 Å². The van der Waals surface area contributed by atoms with Crippen LogP contribution in [0.2, 0.25) is 0 Å². The molecule has 6 heteroatoms. The minimum atomic E-state index is -1.03. The Bertz CT molecular complexity index is 873. The lowest BCUT2D eigenvalue weighted by Crippen LogP contribution is -2.46. The smallest absolute Gasteiger partial charge is 0.337 e. The van der Waals surface area contributed by atoms with Crippen LogP contribution in [0.4, 0.5) is 17.1 Å². The van der Waals surface area contributed by atoms with Gasteiger partial charge in [0.05, 0.1) is 11.3 Å². The van der Waals surface area contributed by atoms with Gasteiger partial charge in [0.15, 0.2) is 0 Å². The van der Waals surface area contributed by atoms with E-state index in [0.29, 0.717) is 12.1 Å². The Balaban J connectivity index is 1.69. The molecule has 0 radical (unpaired) electrons. The summed E-state index contributed by atoms with van der Waals surface area (Å²) in [4.78, 5) is 28.3. The number of aromatic carboxylic acids is 1. The lowest BCUT2D eigenvalue weighted by atomic mass is 10.1. The molecule has 0 aromatic heterocycles. The van der Waals surface area contributed by atoms with Gasteiger partial charge in [-0.1, -0.05) is 25.5 Å². The number of carbonyl (C=O) groups is 2. The van der Waals surface area contributed by atoms with Crippen molar-refractivity contribution in [2.45, 2.75) is 33.1 Å². The third-order valence-electron chi connectivity index (χ3n) is 5.28. The molecule has 154 valence electrons. The van der Waals surface area contributed by atoms with Crippen molar-refractivity contribution in [3.63, 3.8) is 0 Å². The van der Waals surface area contributed by atoms with E-state index in [1.54, 1.807) is 12.1 Å². The molecule has 0 spiro atoms. The molecule has 0 unspecified atom stereocenters. The Hall–Kier alpha value is -3.02. The van der Waals surface area contributed by atoms with Crippen LogP contribution >= 0.6 is 0 Å². The SMILES string of the molecule is CCCCC(=O)Nc1ccc(N2CCN(c3cccc(C)c3)CC2)cc1C(=O)O. The topological polar surface area (TPSA) is 72.9 Å². The van der Waals surface area contributed by atoms with Crippen LogP contribution in [0.1, 0.15) is 42.1 Å².